The average molecular weight is 257 g/mol. The number of nitrogens with two attached hydrogens (primary N) is 1. The van der Waals surface area contributed by atoms with Crippen molar-refractivity contribution in [3.05, 3.63) is 35.8 Å². The van der Waals surface area contributed by atoms with Gasteiger partial charge < -0.3 is 15.2 Å². The highest BCUT2D eigenvalue weighted by atomic mass is 16.6. The molecule has 0 amide bonds. The van der Waals surface area contributed by atoms with Gasteiger partial charge in [0.2, 0.25) is 0 Å². The van der Waals surface area contributed by atoms with Gasteiger partial charge in [0.15, 0.2) is 11.5 Å². The number of hydrogen-bond donors (Lipinski definition) is 1. The van der Waals surface area contributed by atoms with Gasteiger partial charge in [0.25, 0.3) is 0 Å². The first kappa shape index (κ1) is 11.9. The molecule has 0 atom stereocenters. The second-order valence-electron chi connectivity index (χ2n) is 4.37. The van der Waals surface area contributed by atoms with Gasteiger partial charge in [-0.15, -0.1) is 0 Å². The lowest BCUT2D eigenvalue weighted by Crippen LogP contribution is -2.15. The van der Waals surface area contributed by atoms with Gasteiger partial charge in [-0.25, -0.2) is 0 Å². The van der Waals surface area contributed by atoms with Crippen LogP contribution in [0.25, 0.3) is 11.3 Å². The third-order valence-electron chi connectivity index (χ3n) is 3.11. The van der Waals surface area contributed by atoms with Crippen LogP contribution in [0.3, 0.4) is 0 Å². The standard InChI is InChI=1S/C14H15N3O2/c1-9-6-12-13(19-5-4-18-12)7-10(9)14-11(8-15)16-2-3-17-14/h2-3,6-7H,4-5,8,15H2,1H3. The Morgan fingerprint density at radius 3 is 2.53 bits per heavy atom. The largest absolute Gasteiger partial charge is 0.486 e. The highest BCUT2D eigenvalue weighted by Crippen LogP contribution is 2.37. The Hall–Kier alpha value is -2.14. The summed E-state index contributed by atoms with van der Waals surface area (Å²) in [4.78, 5) is 8.66. The van der Waals surface area contributed by atoms with E-state index in [1.54, 1.807) is 12.4 Å². The van der Waals surface area contributed by atoms with Crippen LogP contribution in [0, 0.1) is 6.92 Å². The average Bonchev–Trinajstić information content (AvgIpc) is 2.46. The van der Waals surface area contributed by atoms with Crippen molar-refractivity contribution in [2.24, 2.45) is 5.73 Å². The van der Waals surface area contributed by atoms with E-state index in [1.165, 1.54) is 0 Å². The van der Waals surface area contributed by atoms with Gasteiger partial charge >= 0.3 is 0 Å². The lowest BCUT2D eigenvalue weighted by Gasteiger charge is -2.20. The molecule has 5 nitrogen and oxygen atoms in total. The summed E-state index contributed by atoms with van der Waals surface area (Å²) in [7, 11) is 0. The summed E-state index contributed by atoms with van der Waals surface area (Å²) >= 11 is 0. The van der Waals surface area contributed by atoms with Gasteiger partial charge in [-0.1, -0.05) is 0 Å². The molecule has 2 heterocycles. The van der Waals surface area contributed by atoms with Crippen LogP contribution >= 0.6 is 0 Å². The lowest BCUT2D eigenvalue weighted by atomic mass is 10.0. The summed E-state index contributed by atoms with van der Waals surface area (Å²) in [6, 6.07) is 3.92. The SMILES string of the molecule is Cc1cc2c(cc1-c1nccnc1CN)OCCO2. The topological polar surface area (TPSA) is 70.3 Å². The van der Waals surface area contributed by atoms with E-state index in [0.717, 1.165) is 34.0 Å². The Kier molecular flexibility index (Phi) is 3.05. The second-order valence-corrected chi connectivity index (χ2v) is 4.37. The first-order valence-corrected chi connectivity index (χ1v) is 6.20. The number of aromatic nitrogens is 2. The third-order valence-corrected chi connectivity index (χ3v) is 3.11. The van der Waals surface area contributed by atoms with E-state index in [9.17, 15) is 0 Å². The third kappa shape index (κ3) is 2.13. The quantitative estimate of drug-likeness (QED) is 0.886. The Morgan fingerprint density at radius 2 is 1.79 bits per heavy atom. The van der Waals surface area contributed by atoms with E-state index in [0.29, 0.717) is 19.8 Å². The Morgan fingerprint density at radius 1 is 1.11 bits per heavy atom. The minimum absolute atomic E-state index is 0.358. The van der Waals surface area contributed by atoms with Gasteiger partial charge in [-0.3, -0.25) is 9.97 Å². The summed E-state index contributed by atoms with van der Waals surface area (Å²) in [5.41, 5.74) is 9.36. The maximum atomic E-state index is 5.72. The minimum atomic E-state index is 0.358. The molecule has 98 valence electrons. The number of ether oxygens (including phenoxy) is 2. The van der Waals surface area contributed by atoms with Crippen LogP contribution in [-0.2, 0) is 6.54 Å². The Bertz CT molecular complexity index is 614. The first-order chi connectivity index (χ1) is 9.29. The molecule has 19 heavy (non-hydrogen) atoms. The van der Waals surface area contributed by atoms with E-state index in [1.807, 2.05) is 19.1 Å². The molecule has 5 heteroatoms. The van der Waals surface area contributed by atoms with Gasteiger partial charge in [0, 0.05) is 24.5 Å². The zero-order valence-electron chi connectivity index (χ0n) is 10.7. The fourth-order valence-electron chi connectivity index (χ4n) is 2.19. The zero-order chi connectivity index (χ0) is 13.2. The van der Waals surface area contributed by atoms with Crippen LogP contribution in [0.5, 0.6) is 11.5 Å². The molecule has 1 aliphatic heterocycles. The Balaban J connectivity index is 2.14. The van der Waals surface area contributed by atoms with Crippen LogP contribution < -0.4 is 15.2 Å². The maximum absolute atomic E-state index is 5.72. The lowest BCUT2D eigenvalue weighted by molar-refractivity contribution is 0.171. The summed E-state index contributed by atoms with van der Waals surface area (Å²) in [5, 5.41) is 0. The molecule has 2 aromatic rings. The molecule has 0 fully saturated rings. The van der Waals surface area contributed by atoms with Gasteiger partial charge in [-0.05, 0) is 24.6 Å². The number of fused-ring (bicyclic) bond motifs is 1. The fourth-order valence-corrected chi connectivity index (χ4v) is 2.19. The summed E-state index contributed by atoms with van der Waals surface area (Å²) in [6.07, 6.45) is 3.32. The number of rotatable bonds is 2. The maximum Gasteiger partial charge on any atom is 0.162 e. The van der Waals surface area contributed by atoms with Crippen molar-refractivity contribution in [2.45, 2.75) is 13.5 Å². The second kappa shape index (κ2) is 4.85. The first-order valence-electron chi connectivity index (χ1n) is 6.20. The van der Waals surface area contributed by atoms with Gasteiger partial charge in [0.05, 0.1) is 11.4 Å². The molecular weight excluding hydrogens is 242 g/mol. The van der Waals surface area contributed by atoms with Crippen molar-refractivity contribution >= 4 is 0 Å². The van der Waals surface area contributed by atoms with Crippen molar-refractivity contribution in [2.75, 3.05) is 13.2 Å². The molecule has 0 aliphatic carbocycles. The molecular formula is C14H15N3O2. The van der Waals surface area contributed by atoms with Crippen LogP contribution in [0.4, 0.5) is 0 Å². The van der Waals surface area contributed by atoms with Crippen molar-refractivity contribution in [1.29, 1.82) is 0 Å². The van der Waals surface area contributed by atoms with Crippen molar-refractivity contribution < 1.29 is 9.47 Å². The molecule has 0 unspecified atom stereocenters. The molecule has 1 aliphatic rings. The summed E-state index contributed by atoms with van der Waals surface area (Å²) in [6.45, 7) is 3.53. The molecule has 2 N–H and O–H groups in total. The van der Waals surface area contributed by atoms with E-state index >= 15 is 0 Å². The fraction of sp³-hybridized carbons (Fsp3) is 0.286. The number of hydrogen-bond acceptors (Lipinski definition) is 5. The molecule has 0 bridgehead atoms. The van der Waals surface area contributed by atoms with Crippen LogP contribution in [0.15, 0.2) is 24.5 Å². The molecule has 3 rings (SSSR count). The Labute approximate surface area is 111 Å². The van der Waals surface area contributed by atoms with E-state index in [2.05, 4.69) is 9.97 Å². The van der Waals surface area contributed by atoms with Gasteiger partial charge in [0.1, 0.15) is 13.2 Å². The number of nitrogens with zero attached hydrogens (tertiary/aromatic N) is 2. The minimum Gasteiger partial charge on any atom is -0.486 e. The van der Waals surface area contributed by atoms with Crippen LogP contribution in [0.1, 0.15) is 11.3 Å². The van der Waals surface area contributed by atoms with Crippen LogP contribution in [-0.4, -0.2) is 23.2 Å². The predicted octanol–water partition coefficient (Wildman–Crippen LogP) is 1.68. The molecule has 1 aromatic carbocycles. The smallest absolute Gasteiger partial charge is 0.162 e. The molecule has 0 spiro atoms. The monoisotopic (exact) mass is 257 g/mol. The summed E-state index contributed by atoms with van der Waals surface area (Å²) < 4.78 is 11.2. The van der Waals surface area contributed by atoms with E-state index in [-0.39, 0.29) is 0 Å². The molecule has 1 aromatic heterocycles. The number of benzene rings is 1. The number of aryl methyl sites for hydroxylation is 1. The highest BCUT2D eigenvalue weighted by Gasteiger charge is 2.17. The molecule has 0 saturated heterocycles. The predicted molar refractivity (Wildman–Crippen MR) is 71.1 cm³/mol. The van der Waals surface area contributed by atoms with Gasteiger partial charge in [-0.2, -0.15) is 0 Å². The normalized spacial score (nSPS) is 13.4. The van der Waals surface area contributed by atoms with Crippen molar-refractivity contribution in [3.8, 4) is 22.8 Å². The summed E-state index contributed by atoms with van der Waals surface area (Å²) in [5.74, 6) is 1.53. The molecule has 0 saturated carbocycles. The van der Waals surface area contributed by atoms with Crippen LogP contribution in [0.2, 0.25) is 0 Å². The van der Waals surface area contributed by atoms with Crippen molar-refractivity contribution in [3.63, 3.8) is 0 Å². The zero-order valence-corrected chi connectivity index (χ0v) is 10.7. The van der Waals surface area contributed by atoms with Crippen molar-refractivity contribution in [1.82, 2.24) is 9.97 Å². The highest BCUT2D eigenvalue weighted by molar-refractivity contribution is 5.69. The van der Waals surface area contributed by atoms with E-state index in [4.69, 9.17) is 15.2 Å². The molecule has 0 radical (unpaired) electrons. The van der Waals surface area contributed by atoms with E-state index < -0.39 is 0 Å².